The van der Waals surface area contributed by atoms with Gasteiger partial charge in [-0.15, -0.1) is 22.7 Å². The lowest BCUT2D eigenvalue weighted by atomic mass is 9.96. The van der Waals surface area contributed by atoms with Crippen molar-refractivity contribution < 1.29 is 4.79 Å². The second-order valence-corrected chi connectivity index (χ2v) is 9.79. The monoisotopic (exact) mass is 424 g/mol. The van der Waals surface area contributed by atoms with Gasteiger partial charge in [0.05, 0.1) is 17.3 Å². The lowest BCUT2D eigenvalue weighted by Crippen LogP contribution is -2.23. The molecule has 29 heavy (non-hydrogen) atoms. The van der Waals surface area contributed by atoms with E-state index in [4.69, 9.17) is 0 Å². The number of fused-ring (bicyclic) bond motifs is 4. The average molecular weight is 425 g/mol. The number of aryl methyl sites for hydroxylation is 4. The fourth-order valence-corrected chi connectivity index (χ4v) is 6.84. The maximum absolute atomic E-state index is 12.9. The number of hydrogen-bond acceptors (Lipinski definition) is 6. The maximum Gasteiger partial charge on any atom is 0.262 e. The van der Waals surface area contributed by atoms with Gasteiger partial charge in [-0.05, 0) is 56.1 Å². The maximum atomic E-state index is 12.9. The van der Waals surface area contributed by atoms with E-state index in [2.05, 4.69) is 16.4 Å². The Morgan fingerprint density at radius 2 is 1.90 bits per heavy atom. The summed E-state index contributed by atoms with van der Waals surface area (Å²) >= 11 is 3.14. The molecule has 0 unspecified atom stereocenters. The van der Waals surface area contributed by atoms with Crippen molar-refractivity contribution in [1.29, 1.82) is 5.26 Å². The minimum atomic E-state index is -0.178. The summed E-state index contributed by atoms with van der Waals surface area (Å²) in [5.74, 6) is -0.178. The molecule has 0 fully saturated rings. The van der Waals surface area contributed by atoms with Crippen LogP contribution in [0.3, 0.4) is 0 Å². The number of aromatic nitrogens is 2. The Bertz CT molecular complexity index is 1230. The Labute approximate surface area is 175 Å². The topological polar surface area (TPSA) is 87.8 Å². The van der Waals surface area contributed by atoms with E-state index in [1.165, 1.54) is 25.7 Å². The van der Waals surface area contributed by atoms with E-state index in [0.29, 0.717) is 10.6 Å². The van der Waals surface area contributed by atoms with Gasteiger partial charge < -0.3 is 5.32 Å². The van der Waals surface area contributed by atoms with Gasteiger partial charge >= 0.3 is 0 Å². The highest BCUT2D eigenvalue weighted by Gasteiger charge is 2.23. The zero-order valence-electron chi connectivity index (χ0n) is 15.9. The van der Waals surface area contributed by atoms with Crippen LogP contribution >= 0.6 is 22.7 Å². The van der Waals surface area contributed by atoms with Gasteiger partial charge in [0.1, 0.15) is 15.9 Å². The third kappa shape index (κ3) is 3.18. The first-order chi connectivity index (χ1) is 14.2. The zero-order chi connectivity index (χ0) is 20.0. The number of nitrogens with one attached hydrogen (secondary N) is 1. The van der Waals surface area contributed by atoms with Gasteiger partial charge in [-0.3, -0.25) is 14.2 Å². The van der Waals surface area contributed by atoms with Crippen molar-refractivity contribution in [3.05, 3.63) is 43.1 Å². The van der Waals surface area contributed by atoms with Crippen LogP contribution in [0.25, 0.3) is 10.2 Å². The lowest BCUT2D eigenvalue weighted by molar-refractivity contribution is -0.116. The molecular weight excluding hydrogens is 404 g/mol. The smallest absolute Gasteiger partial charge is 0.262 e. The molecule has 1 N–H and O–H groups in total. The van der Waals surface area contributed by atoms with Gasteiger partial charge in [-0.25, -0.2) is 4.98 Å². The summed E-state index contributed by atoms with van der Waals surface area (Å²) in [5, 5.41) is 13.8. The Hall–Kier alpha value is -2.50. The molecule has 0 saturated carbocycles. The first-order valence-electron chi connectivity index (χ1n) is 10.00. The molecule has 0 saturated heterocycles. The number of hydrogen-bond donors (Lipinski definition) is 1. The average Bonchev–Trinajstić information content (AvgIpc) is 3.39. The molecular formula is C21H20N4O2S2. The van der Waals surface area contributed by atoms with Crippen molar-refractivity contribution in [2.45, 2.75) is 57.9 Å². The predicted octanol–water partition coefficient (Wildman–Crippen LogP) is 3.79. The highest BCUT2D eigenvalue weighted by molar-refractivity contribution is 7.18. The van der Waals surface area contributed by atoms with Gasteiger partial charge in [-0.1, -0.05) is 0 Å². The van der Waals surface area contributed by atoms with Crippen LogP contribution in [0, 0.1) is 11.3 Å². The summed E-state index contributed by atoms with van der Waals surface area (Å²) in [6, 6.07) is 2.26. The molecule has 0 radical (unpaired) electrons. The number of anilines is 1. The molecule has 3 heterocycles. The van der Waals surface area contributed by atoms with Crippen LogP contribution in [0.1, 0.15) is 52.1 Å². The number of carbonyl (C=O) groups is 1. The van der Waals surface area contributed by atoms with Crippen LogP contribution in [0.5, 0.6) is 0 Å². The van der Waals surface area contributed by atoms with Crippen LogP contribution in [0.2, 0.25) is 0 Å². The number of nitrogens with zero attached hydrogens (tertiary/aromatic N) is 3. The molecule has 0 atom stereocenters. The number of nitriles is 1. The van der Waals surface area contributed by atoms with Crippen molar-refractivity contribution >= 4 is 43.8 Å². The first kappa shape index (κ1) is 18.5. The quantitative estimate of drug-likeness (QED) is 0.690. The third-order valence-electron chi connectivity index (χ3n) is 5.81. The molecule has 1 amide bonds. The van der Waals surface area contributed by atoms with E-state index in [0.717, 1.165) is 66.3 Å². The molecule has 0 bridgehead atoms. The standard InChI is InChI=1S/C21H20N4O2S2/c22-10-14-12-4-1-2-6-15(12)28-19(14)24-17(26)8-9-25-11-23-20-18(21(25)27)13-5-3-7-16(13)29-20/h11H,1-9H2,(H,24,26). The molecule has 2 aliphatic carbocycles. The van der Waals surface area contributed by atoms with Crippen molar-refractivity contribution in [2.24, 2.45) is 0 Å². The fourth-order valence-electron chi connectivity index (χ4n) is 4.36. The summed E-state index contributed by atoms with van der Waals surface area (Å²) in [6.07, 6.45) is 8.92. The van der Waals surface area contributed by atoms with E-state index >= 15 is 0 Å². The SMILES string of the molecule is N#Cc1c(NC(=O)CCn2cnc3sc4c(c3c2=O)CCC4)sc2c1CCCC2. The molecule has 0 spiro atoms. The van der Waals surface area contributed by atoms with E-state index in [9.17, 15) is 14.9 Å². The second-order valence-electron chi connectivity index (χ2n) is 7.61. The van der Waals surface area contributed by atoms with Crippen molar-refractivity contribution in [3.8, 4) is 6.07 Å². The lowest BCUT2D eigenvalue weighted by Gasteiger charge is -2.09. The Kier molecular flexibility index (Phi) is 4.72. The van der Waals surface area contributed by atoms with Gasteiger partial charge in [0, 0.05) is 22.7 Å². The fraction of sp³-hybridized carbons (Fsp3) is 0.429. The van der Waals surface area contributed by atoms with E-state index in [1.807, 2.05) is 0 Å². The van der Waals surface area contributed by atoms with Gasteiger partial charge in [0.25, 0.3) is 5.56 Å². The number of rotatable bonds is 4. The number of thiophene rings is 2. The summed E-state index contributed by atoms with van der Waals surface area (Å²) in [7, 11) is 0. The van der Waals surface area contributed by atoms with Crippen LogP contribution in [-0.4, -0.2) is 15.5 Å². The number of carbonyl (C=O) groups excluding carboxylic acids is 1. The minimum Gasteiger partial charge on any atom is -0.317 e. The second kappa shape index (κ2) is 7.39. The third-order valence-corrected chi connectivity index (χ3v) is 8.21. The van der Waals surface area contributed by atoms with Crippen molar-refractivity contribution in [3.63, 3.8) is 0 Å². The molecule has 3 aromatic rings. The Balaban J connectivity index is 1.33. The van der Waals surface area contributed by atoms with Crippen LogP contribution in [-0.2, 0) is 37.0 Å². The highest BCUT2D eigenvalue weighted by Crippen LogP contribution is 2.37. The summed E-state index contributed by atoms with van der Waals surface area (Å²) in [6.45, 7) is 0.283. The van der Waals surface area contributed by atoms with Crippen LogP contribution in [0.15, 0.2) is 11.1 Å². The first-order valence-corrected chi connectivity index (χ1v) is 11.6. The van der Waals surface area contributed by atoms with E-state index in [-0.39, 0.29) is 24.4 Å². The van der Waals surface area contributed by atoms with Gasteiger partial charge in [0.2, 0.25) is 5.91 Å². The summed E-state index contributed by atoms with van der Waals surface area (Å²) in [5.41, 5.74) is 2.83. The molecule has 5 rings (SSSR count). The van der Waals surface area contributed by atoms with Crippen LogP contribution < -0.4 is 10.9 Å². The summed E-state index contributed by atoms with van der Waals surface area (Å²) < 4.78 is 1.54. The molecule has 8 heteroatoms. The Morgan fingerprint density at radius 1 is 1.14 bits per heavy atom. The zero-order valence-corrected chi connectivity index (χ0v) is 17.5. The van der Waals surface area contributed by atoms with E-state index < -0.39 is 0 Å². The molecule has 3 aromatic heterocycles. The minimum absolute atomic E-state index is 0.0495. The molecule has 6 nitrogen and oxygen atoms in total. The van der Waals surface area contributed by atoms with Gasteiger partial charge in [-0.2, -0.15) is 5.26 Å². The molecule has 0 aliphatic heterocycles. The van der Waals surface area contributed by atoms with Gasteiger partial charge in [0.15, 0.2) is 0 Å². The van der Waals surface area contributed by atoms with E-state index in [1.54, 1.807) is 17.7 Å². The Morgan fingerprint density at radius 3 is 2.76 bits per heavy atom. The van der Waals surface area contributed by atoms with Crippen molar-refractivity contribution in [2.75, 3.05) is 5.32 Å². The largest absolute Gasteiger partial charge is 0.317 e. The molecule has 0 aromatic carbocycles. The molecule has 148 valence electrons. The van der Waals surface area contributed by atoms with Crippen LogP contribution in [0.4, 0.5) is 5.00 Å². The highest BCUT2D eigenvalue weighted by atomic mass is 32.1. The number of amides is 1. The molecule has 2 aliphatic rings. The normalized spacial score (nSPS) is 15.1. The predicted molar refractivity (Wildman–Crippen MR) is 115 cm³/mol. The van der Waals surface area contributed by atoms with Crippen molar-refractivity contribution in [1.82, 2.24) is 9.55 Å². The summed E-state index contributed by atoms with van der Waals surface area (Å²) in [4.78, 5) is 33.2.